The summed E-state index contributed by atoms with van der Waals surface area (Å²) in [5.41, 5.74) is 5.55. The number of hydrogen-bond acceptors (Lipinski definition) is 3. The molecule has 0 aliphatic heterocycles. The molecule has 32 heavy (non-hydrogen) atoms. The second-order valence-electron chi connectivity index (χ2n) is 7.30. The third-order valence-corrected chi connectivity index (χ3v) is 5.24. The molecular formula is C27H19N3O2. The lowest BCUT2D eigenvalue weighted by Crippen LogP contribution is -2.10. The van der Waals surface area contributed by atoms with E-state index in [4.69, 9.17) is 9.98 Å². The topological polar surface area (TPSA) is 78.3 Å². The summed E-state index contributed by atoms with van der Waals surface area (Å²) in [5, 5.41) is 9.77. The van der Waals surface area contributed by atoms with Crippen LogP contribution in [0.4, 0.5) is 5.69 Å². The van der Waals surface area contributed by atoms with Crippen LogP contribution < -0.4 is 0 Å². The van der Waals surface area contributed by atoms with Gasteiger partial charge in [0.05, 0.1) is 28.0 Å². The van der Waals surface area contributed by atoms with Gasteiger partial charge in [0, 0.05) is 16.7 Å². The number of aromatic carboxylic acids is 1. The van der Waals surface area contributed by atoms with E-state index in [1.165, 1.54) is 0 Å². The predicted molar refractivity (Wildman–Crippen MR) is 127 cm³/mol. The first-order valence-electron chi connectivity index (χ1n) is 10.2. The molecule has 0 atom stereocenters. The summed E-state index contributed by atoms with van der Waals surface area (Å²) in [6, 6.07) is 32.1. The quantitative estimate of drug-likeness (QED) is 0.339. The third-order valence-electron chi connectivity index (χ3n) is 5.24. The van der Waals surface area contributed by atoms with Gasteiger partial charge in [-0.1, -0.05) is 72.8 Å². The zero-order valence-electron chi connectivity index (χ0n) is 17.1. The number of fused-ring (bicyclic) bond motifs is 1. The van der Waals surface area contributed by atoms with Gasteiger partial charge >= 0.3 is 5.97 Å². The molecule has 154 valence electrons. The van der Waals surface area contributed by atoms with E-state index in [1.54, 1.807) is 18.2 Å². The number of H-pyrrole nitrogens is 1. The molecule has 0 spiro atoms. The molecule has 1 heterocycles. The molecule has 0 aliphatic carbocycles. The first-order chi connectivity index (χ1) is 15.7. The van der Waals surface area contributed by atoms with Crippen LogP contribution in [0.5, 0.6) is 0 Å². The van der Waals surface area contributed by atoms with Gasteiger partial charge in [0.1, 0.15) is 5.82 Å². The first kappa shape index (κ1) is 19.5. The lowest BCUT2D eigenvalue weighted by atomic mass is 9.97. The molecule has 0 amide bonds. The Bertz CT molecular complexity index is 1420. The maximum atomic E-state index is 11.9. The van der Waals surface area contributed by atoms with Crippen LogP contribution in [0, 0.1) is 0 Å². The maximum absolute atomic E-state index is 11.9. The lowest BCUT2D eigenvalue weighted by molar-refractivity contribution is 0.0696. The third kappa shape index (κ3) is 3.68. The molecule has 4 aromatic carbocycles. The molecular weight excluding hydrogens is 398 g/mol. The van der Waals surface area contributed by atoms with Crippen LogP contribution in [0.2, 0.25) is 0 Å². The average Bonchev–Trinajstić information content (AvgIpc) is 3.27. The summed E-state index contributed by atoms with van der Waals surface area (Å²) >= 11 is 0. The first-order valence-corrected chi connectivity index (χ1v) is 10.2. The molecule has 0 saturated carbocycles. The normalized spacial score (nSPS) is 11.6. The Labute approximate surface area is 184 Å². The molecule has 5 heteroatoms. The highest BCUT2D eigenvalue weighted by Crippen LogP contribution is 2.31. The van der Waals surface area contributed by atoms with Gasteiger partial charge in [-0.25, -0.2) is 14.8 Å². The Morgan fingerprint density at radius 1 is 0.750 bits per heavy atom. The molecule has 0 fully saturated rings. The van der Waals surface area contributed by atoms with Crippen molar-refractivity contribution in [3.05, 3.63) is 120 Å². The summed E-state index contributed by atoms with van der Waals surface area (Å²) in [5.74, 6) is -0.278. The van der Waals surface area contributed by atoms with Gasteiger partial charge in [-0.3, -0.25) is 0 Å². The Morgan fingerprint density at radius 2 is 1.41 bits per heavy atom. The maximum Gasteiger partial charge on any atom is 0.336 e. The fourth-order valence-electron chi connectivity index (χ4n) is 3.72. The number of carboxylic acids is 1. The van der Waals surface area contributed by atoms with Crippen molar-refractivity contribution in [1.82, 2.24) is 9.97 Å². The molecule has 0 unspecified atom stereocenters. The molecule has 2 N–H and O–H groups in total. The van der Waals surface area contributed by atoms with Gasteiger partial charge in [-0.05, 0) is 30.3 Å². The number of hydrogen-bond donors (Lipinski definition) is 2. The number of para-hydroxylation sites is 3. The van der Waals surface area contributed by atoms with Gasteiger partial charge in [0.2, 0.25) is 0 Å². The van der Waals surface area contributed by atoms with E-state index in [9.17, 15) is 9.90 Å². The summed E-state index contributed by atoms with van der Waals surface area (Å²) in [7, 11) is 0. The second kappa shape index (κ2) is 8.32. The monoisotopic (exact) mass is 417 g/mol. The average molecular weight is 417 g/mol. The molecule has 0 radical (unpaired) electrons. The highest BCUT2D eigenvalue weighted by atomic mass is 16.4. The molecule has 5 nitrogen and oxygen atoms in total. The Balaban J connectivity index is 1.73. The fourth-order valence-corrected chi connectivity index (χ4v) is 3.72. The van der Waals surface area contributed by atoms with E-state index >= 15 is 0 Å². The highest BCUT2D eigenvalue weighted by molar-refractivity contribution is 6.18. The number of benzene rings is 4. The van der Waals surface area contributed by atoms with Crippen molar-refractivity contribution in [1.29, 1.82) is 0 Å². The summed E-state index contributed by atoms with van der Waals surface area (Å²) < 4.78 is 0. The van der Waals surface area contributed by atoms with Gasteiger partial charge in [0.15, 0.2) is 0 Å². The minimum Gasteiger partial charge on any atom is -0.478 e. The highest BCUT2D eigenvalue weighted by Gasteiger charge is 2.17. The summed E-state index contributed by atoms with van der Waals surface area (Å²) in [4.78, 5) is 25.0. The van der Waals surface area contributed by atoms with E-state index in [-0.39, 0.29) is 5.56 Å². The van der Waals surface area contributed by atoms with Crippen molar-refractivity contribution in [3.8, 4) is 11.4 Å². The van der Waals surface area contributed by atoms with E-state index in [2.05, 4.69) is 4.98 Å². The number of carboxylic acid groups (broad SMARTS) is 1. The van der Waals surface area contributed by atoms with Gasteiger partial charge in [0.25, 0.3) is 0 Å². The van der Waals surface area contributed by atoms with Gasteiger partial charge in [-0.15, -0.1) is 0 Å². The summed E-state index contributed by atoms with van der Waals surface area (Å²) in [6.45, 7) is 0. The van der Waals surface area contributed by atoms with Crippen LogP contribution in [-0.4, -0.2) is 26.8 Å². The van der Waals surface area contributed by atoms with Crippen LogP contribution in [0.25, 0.3) is 22.4 Å². The van der Waals surface area contributed by atoms with Crippen molar-refractivity contribution in [2.75, 3.05) is 0 Å². The smallest absolute Gasteiger partial charge is 0.336 e. The molecule has 5 aromatic rings. The number of nitrogens with zero attached hydrogens (tertiary/aromatic N) is 2. The molecule has 5 rings (SSSR count). The Hall–Kier alpha value is -4.51. The van der Waals surface area contributed by atoms with Crippen LogP contribution in [-0.2, 0) is 0 Å². The minimum atomic E-state index is -0.991. The summed E-state index contributed by atoms with van der Waals surface area (Å²) in [6.07, 6.45) is 0. The van der Waals surface area contributed by atoms with E-state index in [0.29, 0.717) is 22.8 Å². The Kier molecular flexibility index (Phi) is 5.06. The predicted octanol–water partition coefficient (Wildman–Crippen LogP) is 6.10. The standard InChI is InChI=1S/C27H19N3O2/c31-27(32)20-13-5-4-12-19(20)25(18-10-2-1-3-11-18)28-22-15-7-6-14-21(22)26-29-23-16-8-9-17-24(23)30-26/h1-17H,(H,29,30)(H,31,32). The van der Waals surface area contributed by atoms with Crippen LogP contribution in [0.1, 0.15) is 21.5 Å². The van der Waals surface area contributed by atoms with E-state index in [1.807, 2.05) is 84.9 Å². The molecule has 1 aromatic heterocycles. The number of rotatable bonds is 5. The van der Waals surface area contributed by atoms with E-state index < -0.39 is 5.97 Å². The zero-order chi connectivity index (χ0) is 21.9. The second-order valence-corrected chi connectivity index (χ2v) is 7.30. The van der Waals surface area contributed by atoms with Crippen LogP contribution >= 0.6 is 0 Å². The van der Waals surface area contributed by atoms with Crippen LogP contribution in [0.3, 0.4) is 0 Å². The Morgan fingerprint density at radius 3 is 2.19 bits per heavy atom. The minimum absolute atomic E-state index is 0.205. The van der Waals surface area contributed by atoms with Crippen molar-refractivity contribution in [2.24, 2.45) is 4.99 Å². The number of imidazole rings is 1. The number of aromatic nitrogens is 2. The van der Waals surface area contributed by atoms with Crippen molar-refractivity contribution in [3.63, 3.8) is 0 Å². The van der Waals surface area contributed by atoms with Crippen molar-refractivity contribution >= 4 is 28.4 Å². The lowest BCUT2D eigenvalue weighted by Gasteiger charge is -2.12. The zero-order valence-corrected chi connectivity index (χ0v) is 17.1. The molecule has 0 saturated heterocycles. The number of aromatic amines is 1. The molecule has 0 aliphatic rings. The van der Waals surface area contributed by atoms with Crippen LogP contribution in [0.15, 0.2) is 108 Å². The molecule has 0 bridgehead atoms. The van der Waals surface area contributed by atoms with Gasteiger partial charge < -0.3 is 10.1 Å². The number of nitrogens with one attached hydrogen (secondary N) is 1. The number of carbonyl (C=O) groups is 1. The van der Waals surface area contributed by atoms with Gasteiger partial charge in [-0.2, -0.15) is 0 Å². The largest absolute Gasteiger partial charge is 0.478 e. The van der Waals surface area contributed by atoms with Crippen molar-refractivity contribution in [2.45, 2.75) is 0 Å². The SMILES string of the molecule is O=C(O)c1ccccc1C(=Nc1ccccc1-c1nc2ccccc2[nH]1)c1ccccc1. The van der Waals surface area contributed by atoms with E-state index in [0.717, 1.165) is 22.2 Å². The number of aliphatic imine (C=N–C) groups is 1. The van der Waals surface area contributed by atoms with Crippen molar-refractivity contribution < 1.29 is 9.90 Å². The fraction of sp³-hybridized carbons (Fsp3) is 0.